The van der Waals surface area contributed by atoms with Gasteiger partial charge in [-0.1, -0.05) is 13.3 Å². The molecule has 2 saturated heterocycles. The van der Waals surface area contributed by atoms with Gasteiger partial charge < -0.3 is 9.16 Å². The lowest BCUT2D eigenvalue weighted by molar-refractivity contribution is -0.211. The van der Waals surface area contributed by atoms with E-state index in [9.17, 15) is 0 Å². The van der Waals surface area contributed by atoms with Gasteiger partial charge in [-0.2, -0.15) is 0 Å². The van der Waals surface area contributed by atoms with Crippen LogP contribution in [0.4, 0.5) is 0 Å². The maximum atomic E-state index is 5.98. The Bertz CT molecular complexity index is 160. The minimum atomic E-state index is -0.466. The highest BCUT2D eigenvalue weighted by Gasteiger charge is 2.43. The van der Waals surface area contributed by atoms with Crippen LogP contribution in [0, 0.1) is 0 Å². The molecule has 2 aliphatic heterocycles. The molecule has 12 heavy (non-hydrogen) atoms. The van der Waals surface area contributed by atoms with Gasteiger partial charge in [0.25, 0.3) is 0 Å². The summed E-state index contributed by atoms with van der Waals surface area (Å²) in [4.78, 5) is 0. The molecular formula is C9H17O2Si. The molecule has 0 saturated carbocycles. The average molecular weight is 185 g/mol. The van der Waals surface area contributed by atoms with Crippen LogP contribution in [0.15, 0.2) is 0 Å². The molecule has 2 atom stereocenters. The Labute approximate surface area is 76.0 Å². The van der Waals surface area contributed by atoms with Crippen LogP contribution in [0.1, 0.15) is 33.1 Å². The summed E-state index contributed by atoms with van der Waals surface area (Å²) in [5, 5.41) is 0. The van der Waals surface area contributed by atoms with Gasteiger partial charge in [-0.25, -0.2) is 0 Å². The molecule has 0 aliphatic carbocycles. The SMILES string of the molecule is CCCC1(C)OC2CC[Si](C2)O1. The molecule has 2 aliphatic rings. The van der Waals surface area contributed by atoms with Crippen molar-refractivity contribution in [3.63, 3.8) is 0 Å². The van der Waals surface area contributed by atoms with E-state index in [1.807, 2.05) is 0 Å². The molecule has 2 nitrogen and oxygen atoms in total. The summed E-state index contributed by atoms with van der Waals surface area (Å²) in [6, 6.07) is 2.53. The molecule has 0 aromatic carbocycles. The van der Waals surface area contributed by atoms with E-state index in [1.54, 1.807) is 0 Å². The molecule has 2 bridgehead atoms. The molecule has 0 aromatic rings. The van der Waals surface area contributed by atoms with Crippen LogP contribution in [0.5, 0.6) is 0 Å². The van der Waals surface area contributed by atoms with E-state index in [1.165, 1.54) is 18.5 Å². The zero-order chi connectivity index (χ0) is 8.60. The van der Waals surface area contributed by atoms with Gasteiger partial charge in [-0.15, -0.1) is 0 Å². The van der Waals surface area contributed by atoms with Crippen LogP contribution in [0.2, 0.25) is 12.1 Å². The van der Waals surface area contributed by atoms with Gasteiger partial charge in [0.2, 0.25) is 9.04 Å². The van der Waals surface area contributed by atoms with Crippen molar-refractivity contribution in [2.24, 2.45) is 0 Å². The molecule has 2 heterocycles. The van der Waals surface area contributed by atoms with Gasteiger partial charge in [0.05, 0.1) is 6.10 Å². The Morgan fingerprint density at radius 2 is 2.42 bits per heavy atom. The van der Waals surface area contributed by atoms with Crippen LogP contribution in [-0.2, 0) is 9.16 Å². The maximum absolute atomic E-state index is 5.98. The van der Waals surface area contributed by atoms with Crippen molar-refractivity contribution in [3.8, 4) is 0 Å². The van der Waals surface area contributed by atoms with Gasteiger partial charge in [0, 0.05) is 0 Å². The fourth-order valence-corrected chi connectivity index (χ4v) is 4.81. The predicted octanol–water partition coefficient (Wildman–Crippen LogP) is 2.31. The Hall–Kier alpha value is 0.137. The highest BCUT2D eigenvalue weighted by Crippen LogP contribution is 2.38. The molecular weight excluding hydrogens is 168 g/mol. The molecule has 2 unspecified atom stereocenters. The van der Waals surface area contributed by atoms with E-state index >= 15 is 0 Å². The molecule has 69 valence electrons. The number of hydrogen-bond acceptors (Lipinski definition) is 2. The molecule has 0 amide bonds. The van der Waals surface area contributed by atoms with E-state index in [-0.39, 0.29) is 5.79 Å². The summed E-state index contributed by atoms with van der Waals surface area (Å²) in [6.07, 6.45) is 3.98. The third kappa shape index (κ3) is 1.58. The number of hydrogen-bond donors (Lipinski definition) is 0. The smallest absolute Gasteiger partial charge is 0.218 e. The molecule has 1 radical (unpaired) electrons. The van der Waals surface area contributed by atoms with Crippen molar-refractivity contribution >= 4 is 9.04 Å². The minimum absolute atomic E-state index is 0.220. The van der Waals surface area contributed by atoms with E-state index < -0.39 is 9.04 Å². The average Bonchev–Trinajstić information content (AvgIpc) is 2.31. The van der Waals surface area contributed by atoms with Crippen molar-refractivity contribution < 1.29 is 9.16 Å². The Balaban J connectivity index is 2.00. The highest BCUT2D eigenvalue weighted by molar-refractivity contribution is 6.53. The Morgan fingerprint density at radius 3 is 3.08 bits per heavy atom. The second-order valence-electron chi connectivity index (χ2n) is 4.01. The normalized spacial score (nSPS) is 42.0. The monoisotopic (exact) mass is 185 g/mol. The fourth-order valence-electron chi connectivity index (χ4n) is 2.22. The minimum Gasteiger partial charge on any atom is -0.390 e. The Kier molecular flexibility index (Phi) is 2.27. The maximum Gasteiger partial charge on any atom is 0.218 e. The van der Waals surface area contributed by atoms with E-state index in [0.717, 1.165) is 12.8 Å². The summed E-state index contributed by atoms with van der Waals surface area (Å²) in [5.74, 6) is -0.220. The van der Waals surface area contributed by atoms with E-state index in [4.69, 9.17) is 9.16 Å². The lowest BCUT2D eigenvalue weighted by atomic mass is 10.2. The van der Waals surface area contributed by atoms with Crippen molar-refractivity contribution in [1.82, 2.24) is 0 Å². The molecule has 0 spiro atoms. The largest absolute Gasteiger partial charge is 0.390 e. The van der Waals surface area contributed by atoms with E-state index in [0.29, 0.717) is 6.10 Å². The lowest BCUT2D eigenvalue weighted by Crippen LogP contribution is -2.43. The van der Waals surface area contributed by atoms with Crippen molar-refractivity contribution in [3.05, 3.63) is 0 Å². The van der Waals surface area contributed by atoms with Crippen molar-refractivity contribution in [2.75, 3.05) is 0 Å². The predicted molar refractivity (Wildman–Crippen MR) is 49.3 cm³/mol. The topological polar surface area (TPSA) is 18.5 Å². The van der Waals surface area contributed by atoms with Gasteiger partial charge in [0.1, 0.15) is 0 Å². The van der Waals surface area contributed by atoms with Crippen molar-refractivity contribution in [1.29, 1.82) is 0 Å². The highest BCUT2D eigenvalue weighted by atomic mass is 28.3. The van der Waals surface area contributed by atoms with Crippen LogP contribution in [0.25, 0.3) is 0 Å². The van der Waals surface area contributed by atoms with Gasteiger partial charge >= 0.3 is 0 Å². The van der Waals surface area contributed by atoms with Gasteiger partial charge in [-0.3, -0.25) is 0 Å². The zero-order valence-electron chi connectivity index (χ0n) is 7.93. The first-order chi connectivity index (χ1) is 5.72. The Morgan fingerprint density at radius 1 is 1.58 bits per heavy atom. The van der Waals surface area contributed by atoms with Gasteiger partial charge in [-0.05, 0) is 31.9 Å². The van der Waals surface area contributed by atoms with Crippen LogP contribution >= 0.6 is 0 Å². The first kappa shape index (κ1) is 8.72. The third-order valence-electron chi connectivity index (χ3n) is 2.68. The van der Waals surface area contributed by atoms with Crippen LogP contribution in [0.3, 0.4) is 0 Å². The third-order valence-corrected chi connectivity index (χ3v) is 5.16. The molecule has 3 heteroatoms. The number of rotatable bonds is 2. The molecule has 2 rings (SSSR count). The zero-order valence-corrected chi connectivity index (χ0v) is 8.93. The van der Waals surface area contributed by atoms with Crippen molar-refractivity contribution in [2.45, 2.75) is 57.1 Å². The van der Waals surface area contributed by atoms with Crippen LogP contribution < -0.4 is 0 Å². The fraction of sp³-hybridized carbons (Fsp3) is 1.00. The lowest BCUT2D eigenvalue weighted by Gasteiger charge is -2.37. The summed E-state index contributed by atoms with van der Waals surface area (Å²) < 4.78 is 11.9. The second kappa shape index (κ2) is 3.12. The van der Waals surface area contributed by atoms with Gasteiger partial charge in [0.15, 0.2) is 5.79 Å². The summed E-state index contributed by atoms with van der Waals surface area (Å²) in [6.45, 7) is 4.30. The number of fused-ring (bicyclic) bond motifs is 2. The standard InChI is InChI=1S/C9H17O2Si/c1-3-5-9(2)10-8-4-6-12(7-8)11-9/h8H,3-7H2,1-2H3. The quantitative estimate of drug-likeness (QED) is 0.615. The molecule has 0 aromatic heterocycles. The summed E-state index contributed by atoms with van der Waals surface area (Å²) >= 11 is 0. The first-order valence-electron chi connectivity index (χ1n) is 4.93. The summed E-state index contributed by atoms with van der Waals surface area (Å²) in [7, 11) is -0.466. The summed E-state index contributed by atoms with van der Waals surface area (Å²) in [5.41, 5.74) is 0. The van der Waals surface area contributed by atoms with Crippen LogP contribution in [-0.4, -0.2) is 20.9 Å². The first-order valence-corrected chi connectivity index (χ1v) is 6.75. The molecule has 0 N–H and O–H groups in total. The second-order valence-corrected chi connectivity index (χ2v) is 6.20. The molecule has 2 fully saturated rings. The number of ether oxygens (including phenoxy) is 1. The van der Waals surface area contributed by atoms with E-state index in [2.05, 4.69) is 13.8 Å².